The fraction of sp³-hybridized carbons (Fsp3) is 0.929. The number of hydrogen-bond donors (Lipinski definition) is 1. The second-order valence-electron chi connectivity index (χ2n) is 5.98. The molecule has 0 bridgehead atoms. The van der Waals surface area contributed by atoms with Crippen LogP contribution in [-0.4, -0.2) is 42.2 Å². The highest BCUT2D eigenvalue weighted by atomic mass is 19.4. The zero-order valence-corrected chi connectivity index (χ0v) is 11.9. The normalized spacial score (nSPS) is 30.1. The van der Waals surface area contributed by atoms with E-state index in [-0.39, 0.29) is 12.5 Å². The molecule has 3 atom stereocenters. The van der Waals surface area contributed by atoms with Gasteiger partial charge in [0, 0.05) is 12.6 Å². The molecule has 2 rings (SSSR count). The number of alkyl halides is 3. The van der Waals surface area contributed by atoms with Crippen molar-refractivity contribution >= 4 is 5.91 Å². The van der Waals surface area contributed by atoms with Gasteiger partial charge in [-0.15, -0.1) is 0 Å². The summed E-state index contributed by atoms with van der Waals surface area (Å²) in [5.41, 5.74) is 0. The molecule has 1 amide bonds. The lowest BCUT2D eigenvalue weighted by Gasteiger charge is -2.26. The van der Waals surface area contributed by atoms with Gasteiger partial charge in [0.05, 0.1) is 6.04 Å². The van der Waals surface area contributed by atoms with E-state index >= 15 is 0 Å². The number of carbonyl (C=O) groups is 1. The first-order valence-corrected chi connectivity index (χ1v) is 7.52. The molecule has 0 aromatic heterocycles. The third kappa shape index (κ3) is 3.87. The molecule has 6 heteroatoms. The number of carbonyl (C=O) groups excluding carboxylic acids is 1. The van der Waals surface area contributed by atoms with Gasteiger partial charge < -0.3 is 10.2 Å². The van der Waals surface area contributed by atoms with Crippen molar-refractivity contribution in [2.24, 2.45) is 5.92 Å². The Hall–Kier alpha value is -0.780. The van der Waals surface area contributed by atoms with Crippen LogP contribution in [0, 0.1) is 5.92 Å². The molecule has 20 heavy (non-hydrogen) atoms. The van der Waals surface area contributed by atoms with Crippen LogP contribution in [0.25, 0.3) is 0 Å². The standard InChI is InChI=1S/C14H23F3N2O/c1-2-7-19(9-14(15,16)17)13(20)12-8-10-5-3-4-6-11(10)18-12/h10-12,18H,2-9H2,1H3. The highest BCUT2D eigenvalue weighted by Crippen LogP contribution is 2.34. The monoisotopic (exact) mass is 292 g/mol. The second-order valence-corrected chi connectivity index (χ2v) is 5.98. The van der Waals surface area contributed by atoms with Gasteiger partial charge in [0.1, 0.15) is 6.54 Å². The molecule has 2 aliphatic rings. The van der Waals surface area contributed by atoms with Crippen molar-refractivity contribution in [1.29, 1.82) is 0 Å². The summed E-state index contributed by atoms with van der Waals surface area (Å²) in [4.78, 5) is 13.3. The zero-order valence-electron chi connectivity index (χ0n) is 11.9. The molecule has 1 N–H and O–H groups in total. The lowest BCUT2D eigenvalue weighted by Crippen LogP contribution is -2.48. The number of amides is 1. The maximum atomic E-state index is 12.6. The van der Waals surface area contributed by atoms with Crippen LogP contribution in [0.5, 0.6) is 0 Å². The Morgan fingerprint density at radius 2 is 2.00 bits per heavy atom. The molecular formula is C14H23F3N2O. The van der Waals surface area contributed by atoms with Crippen molar-refractivity contribution in [2.75, 3.05) is 13.1 Å². The molecule has 0 aromatic carbocycles. The van der Waals surface area contributed by atoms with Gasteiger partial charge in [-0.05, 0) is 31.6 Å². The molecular weight excluding hydrogens is 269 g/mol. The second kappa shape index (κ2) is 6.33. The van der Waals surface area contributed by atoms with E-state index in [1.54, 1.807) is 6.92 Å². The van der Waals surface area contributed by atoms with Gasteiger partial charge in [0.25, 0.3) is 0 Å². The van der Waals surface area contributed by atoms with E-state index in [0.29, 0.717) is 24.8 Å². The Balaban J connectivity index is 1.97. The molecule has 0 radical (unpaired) electrons. The number of nitrogens with one attached hydrogen (secondary N) is 1. The summed E-state index contributed by atoms with van der Waals surface area (Å²) in [5, 5.41) is 3.26. The van der Waals surface area contributed by atoms with Crippen LogP contribution in [0.3, 0.4) is 0 Å². The average molecular weight is 292 g/mol. The quantitative estimate of drug-likeness (QED) is 0.864. The van der Waals surface area contributed by atoms with Crippen molar-refractivity contribution in [3.8, 4) is 0 Å². The molecule has 3 unspecified atom stereocenters. The Morgan fingerprint density at radius 1 is 1.30 bits per heavy atom. The fourth-order valence-corrected chi connectivity index (χ4v) is 3.48. The van der Waals surface area contributed by atoms with Gasteiger partial charge in [-0.3, -0.25) is 4.79 Å². The van der Waals surface area contributed by atoms with Crippen molar-refractivity contribution < 1.29 is 18.0 Å². The highest BCUT2D eigenvalue weighted by Gasteiger charge is 2.41. The lowest BCUT2D eigenvalue weighted by molar-refractivity contribution is -0.162. The van der Waals surface area contributed by atoms with Crippen LogP contribution >= 0.6 is 0 Å². The van der Waals surface area contributed by atoms with Gasteiger partial charge >= 0.3 is 6.18 Å². The van der Waals surface area contributed by atoms with Crippen LogP contribution in [0.4, 0.5) is 13.2 Å². The molecule has 3 nitrogen and oxygen atoms in total. The lowest BCUT2D eigenvalue weighted by atomic mass is 9.85. The summed E-state index contributed by atoms with van der Waals surface area (Å²) in [6, 6.07) is -0.0935. The van der Waals surface area contributed by atoms with Gasteiger partial charge in [-0.25, -0.2) is 0 Å². The molecule has 1 aliphatic carbocycles. The summed E-state index contributed by atoms with van der Waals surface area (Å²) >= 11 is 0. The van der Waals surface area contributed by atoms with E-state index in [2.05, 4.69) is 5.32 Å². The first-order chi connectivity index (χ1) is 9.40. The Bertz CT molecular complexity index is 332. The Morgan fingerprint density at radius 3 is 2.60 bits per heavy atom. The highest BCUT2D eigenvalue weighted by molar-refractivity contribution is 5.82. The minimum atomic E-state index is -4.32. The van der Waals surface area contributed by atoms with Gasteiger partial charge in [0.15, 0.2) is 0 Å². The van der Waals surface area contributed by atoms with E-state index in [1.165, 1.54) is 6.42 Å². The molecule has 0 spiro atoms. The third-order valence-electron chi connectivity index (χ3n) is 4.34. The van der Waals surface area contributed by atoms with Gasteiger partial charge in [0.2, 0.25) is 5.91 Å². The van der Waals surface area contributed by atoms with Crippen molar-refractivity contribution in [3.05, 3.63) is 0 Å². The van der Waals surface area contributed by atoms with E-state index in [9.17, 15) is 18.0 Å². The Labute approximate surface area is 117 Å². The maximum absolute atomic E-state index is 12.6. The minimum Gasteiger partial charge on any atom is -0.332 e. The smallest absolute Gasteiger partial charge is 0.332 e. The van der Waals surface area contributed by atoms with Crippen LogP contribution in [0.15, 0.2) is 0 Å². The first-order valence-electron chi connectivity index (χ1n) is 7.52. The van der Waals surface area contributed by atoms with E-state index in [1.807, 2.05) is 0 Å². The number of fused-ring (bicyclic) bond motifs is 1. The number of halogens is 3. The maximum Gasteiger partial charge on any atom is 0.406 e. The van der Waals surface area contributed by atoms with Crippen LogP contribution in [0.2, 0.25) is 0 Å². The summed E-state index contributed by atoms with van der Waals surface area (Å²) in [6.07, 6.45) is 1.37. The predicted octanol–water partition coefficient (Wildman–Crippen LogP) is 2.71. The summed E-state index contributed by atoms with van der Waals surface area (Å²) in [7, 11) is 0. The summed E-state index contributed by atoms with van der Waals surface area (Å²) < 4.78 is 37.7. The average Bonchev–Trinajstić information content (AvgIpc) is 2.79. The minimum absolute atomic E-state index is 0.172. The largest absolute Gasteiger partial charge is 0.406 e. The van der Waals surface area contributed by atoms with Crippen LogP contribution < -0.4 is 5.32 Å². The molecule has 2 fully saturated rings. The molecule has 1 saturated carbocycles. The fourth-order valence-electron chi connectivity index (χ4n) is 3.48. The predicted molar refractivity (Wildman–Crippen MR) is 70.2 cm³/mol. The number of hydrogen-bond acceptors (Lipinski definition) is 2. The van der Waals surface area contributed by atoms with Crippen LogP contribution in [0.1, 0.15) is 45.4 Å². The van der Waals surface area contributed by atoms with Crippen molar-refractivity contribution in [1.82, 2.24) is 10.2 Å². The van der Waals surface area contributed by atoms with Crippen molar-refractivity contribution in [3.63, 3.8) is 0 Å². The van der Waals surface area contributed by atoms with Gasteiger partial charge in [-0.1, -0.05) is 19.8 Å². The molecule has 0 aromatic rings. The van der Waals surface area contributed by atoms with Crippen molar-refractivity contribution in [2.45, 2.75) is 63.7 Å². The van der Waals surface area contributed by atoms with Crippen LogP contribution in [-0.2, 0) is 4.79 Å². The SMILES string of the molecule is CCCN(CC(F)(F)F)C(=O)C1CC2CCCCC2N1. The summed E-state index contributed by atoms with van der Waals surface area (Å²) in [5.74, 6) is 0.0886. The third-order valence-corrected chi connectivity index (χ3v) is 4.34. The molecule has 1 heterocycles. The van der Waals surface area contributed by atoms with E-state index in [4.69, 9.17) is 0 Å². The first kappa shape index (κ1) is 15.6. The molecule has 1 aliphatic heterocycles. The van der Waals surface area contributed by atoms with E-state index in [0.717, 1.165) is 24.2 Å². The molecule has 116 valence electrons. The zero-order chi connectivity index (χ0) is 14.8. The summed E-state index contributed by atoms with van der Waals surface area (Å²) in [6.45, 7) is 0.831. The Kier molecular flexibility index (Phi) is 4.94. The van der Waals surface area contributed by atoms with E-state index < -0.39 is 18.8 Å². The molecule has 1 saturated heterocycles. The topological polar surface area (TPSA) is 32.3 Å². The van der Waals surface area contributed by atoms with Gasteiger partial charge in [-0.2, -0.15) is 13.2 Å². The number of nitrogens with zero attached hydrogens (tertiary/aromatic N) is 1. The number of rotatable bonds is 4.